The molecule has 0 radical (unpaired) electrons. The molecule has 152 valence electrons. The van der Waals surface area contributed by atoms with E-state index in [1.54, 1.807) is 18.4 Å². The fraction of sp³-hybridized carbons (Fsp3) is 0.174. The van der Waals surface area contributed by atoms with Crippen LogP contribution in [0.2, 0.25) is 0 Å². The fourth-order valence-electron chi connectivity index (χ4n) is 3.21. The molecule has 2 aromatic heterocycles. The summed E-state index contributed by atoms with van der Waals surface area (Å²) in [5.74, 6) is 0.448. The molecule has 0 aliphatic rings. The van der Waals surface area contributed by atoms with Crippen LogP contribution < -0.4 is 10.9 Å². The van der Waals surface area contributed by atoms with E-state index in [4.69, 9.17) is 9.15 Å². The number of carbonyl (C=O) groups is 1. The van der Waals surface area contributed by atoms with E-state index in [9.17, 15) is 9.59 Å². The summed E-state index contributed by atoms with van der Waals surface area (Å²) < 4.78 is 12.2. The zero-order chi connectivity index (χ0) is 20.9. The van der Waals surface area contributed by atoms with Crippen LogP contribution in [0.4, 0.5) is 5.69 Å². The molecule has 0 fully saturated rings. The smallest absolute Gasteiger partial charge is 0.261 e. The van der Waals surface area contributed by atoms with Crippen molar-refractivity contribution in [3.05, 3.63) is 94.4 Å². The Morgan fingerprint density at radius 1 is 1.13 bits per heavy atom. The van der Waals surface area contributed by atoms with Gasteiger partial charge in [0.25, 0.3) is 5.56 Å². The highest BCUT2D eigenvalue weighted by Gasteiger charge is 2.10. The zero-order valence-electron chi connectivity index (χ0n) is 16.5. The second-order valence-electron chi connectivity index (χ2n) is 6.97. The number of benzene rings is 2. The number of furan rings is 1. The molecule has 0 saturated carbocycles. The predicted octanol–water partition coefficient (Wildman–Crippen LogP) is 3.65. The van der Waals surface area contributed by atoms with Gasteiger partial charge in [-0.05, 0) is 48.4 Å². The third-order valence-corrected chi connectivity index (χ3v) is 4.67. The highest BCUT2D eigenvalue weighted by Crippen LogP contribution is 2.14. The summed E-state index contributed by atoms with van der Waals surface area (Å²) in [6, 6.07) is 16.5. The number of ether oxygens (including phenoxy) is 1. The van der Waals surface area contributed by atoms with Crippen LogP contribution in [0, 0.1) is 6.92 Å². The molecule has 30 heavy (non-hydrogen) atoms. The molecule has 0 aliphatic carbocycles. The van der Waals surface area contributed by atoms with Gasteiger partial charge in [0, 0.05) is 5.69 Å². The van der Waals surface area contributed by atoms with Crippen LogP contribution in [-0.2, 0) is 29.3 Å². The molecule has 2 heterocycles. The Labute approximate surface area is 172 Å². The lowest BCUT2D eigenvalue weighted by molar-refractivity contribution is -0.116. The van der Waals surface area contributed by atoms with Crippen molar-refractivity contribution in [2.75, 3.05) is 5.32 Å². The first-order valence-corrected chi connectivity index (χ1v) is 9.54. The Morgan fingerprint density at radius 3 is 2.83 bits per heavy atom. The van der Waals surface area contributed by atoms with Gasteiger partial charge in [-0.25, -0.2) is 4.98 Å². The van der Waals surface area contributed by atoms with Crippen molar-refractivity contribution in [3.8, 4) is 0 Å². The van der Waals surface area contributed by atoms with E-state index >= 15 is 0 Å². The molecule has 4 rings (SSSR count). The first-order valence-electron chi connectivity index (χ1n) is 9.54. The first kappa shape index (κ1) is 19.6. The number of aryl methyl sites for hydroxylation is 1. The zero-order valence-corrected chi connectivity index (χ0v) is 16.5. The third-order valence-electron chi connectivity index (χ3n) is 4.67. The van der Waals surface area contributed by atoms with Gasteiger partial charge in [0.15, 0.2) is 0 Å². The topological polar surface area (TPSA) is 86.4 Å². The molecule has 0 spiro atoms. The van der Waals surface area contributed by atoms with Gasteiger partial charge >= 0.3 is 0 Å². The van der Waals surface area contributed by atoms with E-state index < -0.39 is 0 Å². The molecule has 0 aliphatic heterocycles. The summed E-state index contributed by atoms with van der Waals surface area (Å²) in [5, 5.41) is 3.32. The summed E-state index contributed by atoms with van der Waals surface area (Å²) in [4.78, 5) is 29.5. The van der Waals surface area contributed by atoms with Gasteiger partial charge in [0.1, 0.15) is 18.9 Å². The van der Waals surface area contributed by atoms with E-state index in [0.29, 0.717) is 29.8 Å². The van der Waals surface area contributed by atoms with Crippen molar-refractivity contribution < 1.29 is 13.9 Å². The van der Waals surface area contributed by atoms with Crippen molar-refractivity contribution in [1.29, 1.82) is 0 Å². The maximum absolute atomic E-state index is 12.7. The Bertz CT molecular complexity index is 1230. The number of para-hydroxylation sites is 1. The van der Waals surface area contributed by atoms with Crippen LogP contribution in [0.15, 0.2) is 76.4 Å². The largest absolute Gasteiger partial charge is 0.467 e. The quantitative estimate of drug-likeness (QED) is 0.509. The molecule has 0 unspecified atom stereocenters. The standard InChI is InChI=1S/C23H21N3O4/c1-16-5-2-9-20-22(16)24-15-26(23(20)28)12-21(27)25-18-7-3-6-17(11-18)13-29-14-19-8-4-10-30-19/h2-11,15H,12-14H2,1H3,(H,25,27). The van der Waals surface area contributed by atoms with Crippen LogP contribution in [0.1, 0.15) is 16.9 Å². The van der Waals surface area contributed by atoms with Crippen LogP contribution >= 0.6 is 0 Å². The Kier molecular flexibility index (Phi) is 5.72. The van der Waals surface area contributed by atoms with Gasteiger partial charge in [0.2, 0.25) is 5.91 Å². The van der Waals surface area contributed by atoms with E-state index in [2.05, 4.69) is 10.3 Å². The molecule has 7 heteroatoms. The van der Waals surface area contributed by atoms with E-state index in [1.165, 1.54) is 10.9 Å². The number of amides is 1. The number of nitrogens with one attached hydrogen (secondary N) is 1. The second kappa shape index (κ2) is 8.75. The van der Waals surface area contributed by atoms with Gasteiger partial charge in [-0.3, -0.25) is 14.2 Å². The highest BCUT2D eigenvalue weighted by atomic mass is 16.5. The number of hydrogen-bond acceptors (Lipinski definition) is 5. The normalized spacial score (nSPS) is 11.0. The Balaban J connectivity index is 1.40. The van der Waals surface area contributed by atoms with Crippen LogP contribution in [0.25, 0.3) is 10.9 Å². The molecule has 0 saturated heterocycles. The molecule has 1 amide bonds. The number of carbonyl (C=O) groups excluding carboxylic acids is 1. The molecule has 4 aromatic rings. The van der Waals surface area contributed by atoms with Crippen LogP contribution in [0.5, 0.6) is 0 Å². The first-order chi connectivity index (χ1) is 14.6. The maximum atomic E-state index is 12.7. The van der Waals surface area contributed by atoms with Gasteiger partial charge in [-0.1, -0.05) is 24.3 Å². The minimum Gasteiger partial charge on any atom is -0.467 e. The molecular weight excluding hydrogens is 382 g/mol. The van der Waals surface area contributed by atoms with Crippen molar-refractivity contribution in [1.82, 2.24) is 9.55 Å². The number of aromatic nitrogens is 2. The fourth-order valence-corrected chi connectivity index (χ4v) is 3.21. The summed E-state index contributed by atoms with van der Waals surface area (Å²) in [6.07, 6.45) is 3.02. The summed E-state index contributed by atoms with van der Waals surface area (Å²) in [7, 11) is 0. The van der Waals surface area contributed by atoms with Gasteiger partial charge < -0.3 is 14.5 Å². The Hall–Kier alpha value is -3.71. The third kappa shape index (κ3) is 4.47. The van der Waals surface area contributed by atoms with Gasteiger partial charge in [0.05, 0.1) is 30.1 Å². The minimum atomic E-state index is -0.306. The van der Waals surface area contributed by atoms with Crippen LogP contribution in [-0.4, -0.2) is 15.5 Å². The summed E-state index contributed by atoms with van der Waals surface area (Å²) >= 11 is 0. The molecule has 0 bridgehead atoms. The lowest BCUT2D eigenvalue weighted by Crippen LogP contribution is -2.28. The van der Waals surface area contributed by atoms with E-state index in [0.717, 1.165) is 16.9 Å². The maximum Gasteiger partial charge on any atom is 0.261 e. The molecular formula is C23H21N3O4. The van der Waals surface area contributed by atoms with E-state index in [-0.39, 0.29) is 18.0 Å². The van der Waals surface area contributed by atoms with Crippen molar-refractivity contribution in [3.63, 3.8) is 0 Å². The average Bonchev–Trinajstić information content (AvgIpc) is 3.24. The summed E-state index contributed by atoms with van der Waals surface area (Å²) in [5.41, 5.74) is 2.89. The molecule has 7 nitrogen and oxygen atoms in total. The predicted molar refractivity (Wildman–Crippen MR) is 113 cm³/mol. The van der Waals surface area contributed by atoms with E-state index in [1.807, 2.05) is 49.4 Å². The number of nitrogens with zero attached hydrogens (tertiary/aromatic N) is 2. The number of rotatable bonds is 7. The van der Waals surface area contributed by atoms with Crippen molar-refractivity contribution in [2.45, 2.75) is 26.7 Å². The SMILES string of the molecule is Cc1cccc2c(=O)n(CC(=O)Nc3cccc(COCc4ccco4)c3)cnc12. The summed E-state index contributed by atoms with van der Waals surface area (Å²) in [6.45, 7) is 2.55. The van der Waals surface area contributed by atoms with Crippen molar-refractivity contribution in [2.24, 2.45) is 0 Å². The molecule has 0 atom stereocenters. The monoisotopic (exact) mass is 403 g/mol. The Morgan fingerprint density at radius 2 is 2.00 bits per heavy atom. The average molecular weight is 403 g/mol. The second-order valence-corrected chi connectivity index (χ2v) is 6.97. The number of hydrogen-bond donors (Lipinski definition) is 1. The van der Waals surface area contributed by atoms with Crippen molar-refractivity contribution >= 4 is 22.5 Å². The van der Waals surface area contributed by atoms with Crippen LogP contribution in [0.3, 0.4) is 0 Å². The highest BCUT2D eigenvalue weighted by molar-refractivity contribution is 5.91. The van der Waals surface area contributed by atoms with Gasteiger partial charge in [-0.2, -0.15) is 0 Å². The minimum absolute atomic E-state index is 0.116. The lowest BCUT2D eigenvalue weighted by atomic mass is 10.1. The lowest BCUT2D eigenvalue weighted by Gasteiger charge is -2.10. The molecule has 2 aromatic carbocycles. The van der Waals surface area contributed by atoms with Gasteiger partial charge in [-0.15, -0.1) is 0 Å². The number of anilines is 1. The number of fused-ring (bicyclic) bond motifs is 1. The molecule has 1 N–H and O–H groups in total.